The minimum atomic E-state index is -0.999. The molecule has 3 amide bonds. The van der Waals surface area contributed by atoms with Crippen LogP contribution >= 0.6 is 11.3 Å². The van der Waals surface area contributed by atoms with Crippen molar-refractivity contribution in [2.75, 3.05) is 27.4 Å². The van der Waals surface area contributed by atoms with Gasteiger partial charge in [-0.05, 0) is 49.8 Å². The molecular weight excluding hydrogens is 739 g/mol. The predicted octanol–water partition coefficient (Wildman–Crippen LogP) is 5.07. The van der Waals surface area contributed by atoms with Gasteiger partial charge in [-0.25, -0.2) is 9.78 Å². The lowest BCUT2D eigenvalue weighted by molar-refractivity contribution is -0.161. The van der Waals surface area contributed by atoms with Crippen LogP contribution in [-0.4, -0.2) is 102 Å². The number of carbonyl (C=O) groups is 6. The van der Waals surface area contributed by atoms with Crippen molar-refractivity contribution in [2.45, 2.75) is 124 Å². The highest BCUT2D eigenvalue weighted by molar-refractivity contribution is 7.09. The van der Waals surface area contributed by atoms with Crippen molar-refractivity contribution in [1.29, 1.82) is 0 Å². The van der Waals surface area contributed by atoms with Gasteiger partial charge in [0, 0.05) is 37.6 Å². The van der Waals surface area contributed by atoms with Crippen LogP contribution < -0.4 is 10.6 Å². The van der Waals surface area contributed by atoms with Crippen LogP contribution in [0.4, 0.5) is 0 Å². The molecule has 0 radical (unpaired) electrons. The van der Waals surface area contributed by atoms with Crippen molar-refractivity contribution in [2.24, 2.45) is 17.8 Å². The third-order valence-corrected chi connectivity index (χ3v) is 11.0. The molecule has 2 heterocycles. The Kier molecular flexibility index (Phi) is 18.4. The van der Waals surface area contributed by atoms with E-state index in [4.69, 9.17) is 14.2 Å². The number of amides is 3. The van der Waals surface area contributed by atoms with Crippen molar-refractivity contribution in [3.8, 4) is 0 Å². The maximum Gasteiger partial charge on any atom is 0.328 e. The Balaban J connectivity index is 1.96. The Morgan fingerprint density at radius 3 is 2.30 bits per heavy atom. The first-order valence-electron chi connectivity index (χ1n) is 19.6. The number of likely N-dealkylation sites (tertiary alicyclic amines) is 1. The van der Waals surface area contributed by atoms with Gasteiger partial charge >= 0.3 is 17.9 Å². The fraction of sp³-hybridized carbons (Fsp3) is 0.634. The summed E-state index contributed by atoms with van der Waals surface area (Å²) >= 11 is 1.10. The van der Waals surface area contributed by atoms with Crippen LogP contribution in [0.2, 0.25) is 0 Å². The predicted molar refractivity (Wildman–Crippen MR) is 212 cm³/mol. The van der Waals surface area contributed by atoms with Gasteiger partial charge in [0.25, 0.3) is 5.91 Å². The average Bonchev–Trinajstić information content (AvgIpc) is 3.66. The third kappa shape index (κ3) is 13.7. The molecule has 3 rings (SSSR count). The monoisotopic (exact) mass is 799 g/mol. The van der Waals surface area contributed by atoms with Gasteiger partial charge in [-0.15, -0.1) is 11.3 Å². The van der Waals surface area contributed by atoms with E-state index in [2.05, 4.69) is 15.6 Å². The second-order valence-electron chi connectivity index (χ2n) is 15.4. The average molecular weight is 800 g/mol. The number of piperidine rings is 1. The van der Waals surface area contributed by atoms with E-state index in [1.165, 1.54) is 24.3 Å². The Morgan fingerprint density at radius 2 is 1.71 bits per heavy atom. The molecule has 0 unspecified atom stereocenters. The number of ether oxygens (including phenoxy) is 3. The quantitative estimate of drug-likeness (QED) is 0.104. The molecule has 15 heteroatoms. The van der Waals surface area contributed by atoms with E-state index in [0.29, 0.717) is 17.8 Å². The first kappa shape index (κ1) is 46.0. The van der Waals surface area contributed by atoms with Crippen LogP contribution in [0, 0.1) is 17.8 Å². The molecule has 6 atom stereocenters. The Morgan fingerprint density at radius 1 is 1.02 bits per heavy atom. The van der Waals surface area contributed by atoms with E-state index in [1.807, 2.05) is 83.8 Å². The van der Waals surface area contributed by atoms with Gasteiger partial charge in [-0.3, -0.25) is 28.9 Å². The Hall–Kier alpha value is -4.37. The number of nitrogens with zero attached hydrogens (tertiary/aromatic N) is 3. The second kappa shape index (κ2) is 22.4. The number of methoxy groups -OCH3 is 1. The number of nitrogens with one attached hydrogen (secondary N) is 2. The van der Waals surface area contributed by atoms with E-state index in [-0.39, 0.29) is 61.4 Å². The summed E-state index contributed by atoms with van der Waals surface area (Å²) in [7, 11) is 3.15. The molecule has 1 aromatic heterocycles. The first-order chi connectivity index (χ1) is 26.6. The number of benzene rings is 1. The van der Waals surface area contributed by atoms with E-state index in [9.17, 15) is 28.8 Å². The van der Waals surface area contributed by atoms with Crippen molar-refractivity contribution in [1.82, 2.24) is 25.4 Å². The third-order valence-electron chi connectivity index (χ3n) is 10.1. The summed E-state index contributed by atoms with van der Waals surface area (Å²) in [5.74, 6) is -3.45. The van der Waals surface area contributed by atoms with Gasteiger partial charge < -0.3 is 29.7 Å². The smallest absolute Gasteiger partial charge is 0.328 e. The maximum absolute atomic E-state index is 14.8. The lowest BCUT2D eigenvalue weighted by Crippen LogP contribution is -2.59. The maximum atomic E-state index is 14.8. The SMILES string of the molecule is CC[C@H](C)[C@H](NC(=O)[C@H]1CCCCN1C)C(=O)N(COC(=O)CC(C)C)[C@H](C[C@@H](OC(C)=O)c1nc(C(=O)N[C@@H](Cc2ccccc2)C(=O)OC)cs1)C(C)C. The summed E-state index contributed by atoms with van der Waals surface area (Å²) in [5.41, 5.74) is 0.829. The minimum absolute atomic E-state index is 0.00740. The summed E-state index contributed by atoms with van der Waals surface area (Å²) in [6.45, 7) is 13.1. The summed E-state index contributed by atoms with van der Waals surface area (Å²) in [6, 6.07) is 6.25. The molecule has 0 bridgehead atoms. The van der Waals surface area contributed by atoms with Crippen LogP contribution in [-0.2, 0) is 44.6 Å². The van der Waals surface area contributed by atoms with E-state index in [1.54, 1.807) is 0 Å². The van der Waals surface area contributed by atoms with Gasteiger partial charge in [0.2, 0.25) is 11.8 Å². The molecule has 1 aromatic carbocycles. The molecule has 2 N–H and O–H groups in total. The standard InChI is InChI=1S/C41H61N5O9S/c1-10-27(6)36(44-38(50)32-18-14-15-19-45(32)8)40(51)46(24-54-35(48)20-25(2)3)33(26(4)5)22-34(55-28(7)47)39-43-31(23-56-39)37(49)42-30(41(52)53-9)21-29-16-12-11-13-17-29/h11-13,16-17,23,25-27,30,32-34,36H,10,14-15,18-22,24H2,1-9H3,(H,42,49)(H,44,50)/t27-,30-,32+,33+,34+,36-/m0/s1. The highest BCUT2D eigenvalue weighted by Gasteiger charge is 2.39. The zero-order valence-electron chi connectivity index (χ0n) is 34.4. The fourth-order valence-electron chi connectivity index (χ4n) is 6.71. The topological polar surface area (TPSA) is 174 Å². The van der Waals surface area contributed by atoms with Crippen LogP contribution in [0.1, 0.15) is 114 Å². The number of rotatable bonds is 20. The summed E-state index contributed by atoms with van der Waals surface area (Å²) in [5, 5.41) is 7.57. The molecule has 0 aliphatic carbocycles. The molecule has 0 saturated carbocycles. The highest BCUT2D eigenvalue weighted by Crippen LogP contribution is 2.32. The zero-order valence-corrected chi connectivity index (χ0v) is 35.2. The van der Waals surface area contributed by atoms with Crippen LogP contribution in [0.5, 0.6) is 0 Å². The van der Waals surface area contributed by atoms with Crippen LogP contribution in [0.15, 0.2) is 35.7 Å². The Bertz CT molecular complexity index is 1620. The number of esters is 3. The van der Waals surface area contributed by atoms with Gasteiger partial charge in [-0.1, -0.05) is 84.7 Å². The van der Waals surface area contributed by atoms with Gasteiger partial charge in [0.1, 0.15) is 22.8 Å². The molecule has 1 saturated heterocycles. The molecule has 56 heavy (non-hydrogen) atoms. The molecular formula is C41H61N5O9S. The molecule has 1 aliphatic heterocycles. The molecule has 0 spiro atoms. The molecule has 2 aromatic rings. The van der Waals surface area contributed by atoms with Crippen molar-refractivity contribution >= 4 is 47.0 Å². The van der Waals surface area contributed by atoms with Gasteiger partial charge in [-0.2, -0.15) is 0 Å². The van der Waals surface area contributed by atoms with Crippen molar-refractivity contribution < 1.29 is 43.0 Å². The minimum Gasteiger partial charge on any atom is -0.467 e. The molecule has 14 nitrogen and oxygen atoms in total. The van der Waals surface area contributed by atoms with Crippen molar-refractivity contribution in [3.05, 3.63) is 52.0 Å². The van der Waals surface area contributed by atoms with Gasteiger partial charge in [0.15, 0.2) is 12.8 Å². The second-order valence-corrected chi connectivity index (χ2v) is 16.3. The van der Waals surface area contributed by atoms with E-state index >= 15 is 0 Å². The van der Waals surface area contributed by atoms with Crippen LogP contribution in [0.3, 0.4) is 0 Å². The number of aromatic nitrogens is 1. The van der Waals surface area contributed by atoms with E-state index < -0.39 is 54.0 Å². The largest absolute Gasteiger partial charge is 0.467 e. The number of hydrogen-bond acceptors (Lipinski definition) is 12. The van der Waals surface area contributed by atoms with Gasteiger partial charge in [0.05, 0.1) is 13.2 Å². The summed E-state index contributed by atoms with van der Waals surface area (Å²) in [6.07, 6.45) is 2.58. The summed E-state index contributed by atoms with van der Waals surface area (Å²) in [4.78, 5) is 87.9. The zero-order chi connectivity index (χ0) is 41.5. The van der Waals surface area contributed by atoms with Crippen molar-refractivity contribution in [3.63, 3.8) is 0 Å². The number of thiazole rings is 1. The van der Waals surface area contributed by atoms with E-state index in [0.717, 1.165) is 36.3 Å². The van der Waals surface area contributed by atoms with Crippen LogP contribution in [0.25, 0.3) is 0 Å². The fourth-order valence-corrected chi connectivity index (χ4v) is 7.55. The normalized spacial score (nSPS) is 17.2. The number of carbonyl (C=O) groups excluding carboxylic acids is 6. The number of hydrogen-bond donors (Lipinski definition) is 2. The highest BCUT2D eigenvalue weighted by atomic mass is 32.1. The summed E-state index contributed by atoms with van der Waals surface area (Å²) < 4.78 is 16.5. The molecule has 1 fully saturated rings. The molecule has 310 valence electrons. The lowest BCUT2D eigenvalue weighted by Gasteiger charge is -2.39. The number of likely N-dealkylation sites (N-methyl/N-ethyl adjacent to an activating group) is 1. The first-order valence-corrected chi connectivity index (χ1v) is 20.5. The Labute approximate surface area is 335 Å². The molecule has 1 aliphatic rings. The lowest BCUT2D eigenvalue weighted by atomic mass is 9.92.